The van der Waals surface area contributed by atoms with E-state index in [1.165, 1.54) is 31.4 Å². The molecule has 29 heavy (non-hydrogen) atoms. The van der Waals surface area contributed by atoms with E-state index in [0.717, 1.165) is 35.0 Å². The van der Waals surface area contributed by atoms with Crippen LogP contribution in [0.3, 0.4) is 0 Å². The number of alkyl halides is 2. The highest BCUT2D eigenvalue weighted by atomic mass is 19.3. The summed E-state index contributed by atoms with van der Waals surface area (Å²) in [6, 6.07) is 6.75. The number of anilines is 1. The molecule has 0 aliphatic heterocycles. The van der Waals surface area contributed by atoms with Crippen molar-refractivity contribution in [2.45, 2.75) is 44.8 Å². The maximum absolute atomic E-state index is 13.4. The number of halogens is 3. The fraction of sp³-hybridized carbons (Fsp3) is 0.429. The van der Waals surface area contributed by atoms with Gasteiger partial charge in [-0.3, -0.25) is 0 Å². The third kappa shape index (κ3) is 4.53. The molecular formula is C21H23F3N4O. The van der Waals surface area contributed by atoms with Gasteiger partial charge in [0.2, 0.25) is 5.95 Å². The first-order valence-corrected chi connectivity index (χ1v) is 9.89. The second-order valence-corrected chi connectivity index (χ2v) is 7.24. The van der Waals surface area contributed by atoms with Crippen LogP contribution in [-0.2, 0) is 4.74 Å². The van der Waals surface area contributed by atoms with Gasteiger partial charge in [-0.1, -0.05) is 31.4 Å². The summed E-state index contributed by atoms with van der Waals surface area (Å²) in [4.78, 5) is 8.99. The van der Waals surface area contributed by atoms with Gasteiger partial charge in [-0.2, -0.15) is 13.8 Å². The van der Waals surface area contributed by atoms with Gasteiger partial charge in [0.05, 0.1) is 6.61 Å². The molecule has 1 aliphatic carbocycles. The first-order valence-electron chi connectivity index (χ1n) is 9.89. The monoisotopic (exact) mass is 404 g/mol. The highest BCUT2D eigenvalue weighted by Gasteiger charge is 2.21. The SMILES string of the molecule is Fc1ccc(-c2cn(C3CCCCC3)c3nc(NCCOC(F)F)ncc23)cc1. The number of fused-ring (bicyclic) bond motifs is 1. The minimum absolute atomic E-state index is 0.135. The van der Waals surface area contributed by atoms with Crippen LogP contribution in [-0.4, -0.2) is 34.3 Å². The molecule has 0 atom stereocenters. The summed E-state index contributed by atoms with van der Waals surface area (Å²) in [5.74, 6) is 0.0923. The lowest BCUT2D eigenvalue weighted by atomic mass is 9.95. The third-order valence-corrected chi connectivity index (χ3v) is 5.32. The fourth-order valence-electron chi connectivity index (χ4n) is 3.92. The second kappa shape index (κ2) is 8.82. The van der Waals surface area contributed by atoms with Crippen LogP contribution in [0, 0.1) is 5.82 Å². The zero-order valence-electron chi connectivity index (χ0n) is 16.0. The zero-order chi connectivity index (χ0) is 20.2. The lowest BCUT2D eigenvalue weighted by molar-refractivity contribution is -0.125. The van der Waals surface area contributed by atoms with Crippen LogP contribution in [0.4, 0.5) is 19.1 Å². The van der Waals surface area contributed by atoms with Crippen molar-refractivity contribution in [3.8, 4) is 11.1 Å². The van der Waals surface area contributed by atoms with E-state index in [9.17, 15) is 13.2 Å². The Bertz CT molecular complexity index is 952. The lowest BCUT2D eigenvalue weighted by Crippen LogP contribution is -2.15. The number of nitrogens with one attached hydrogen (secondary N) is 1. The highest BCUT2D eigenvalue weighted by Crippen LogP contribution is 2.36. The van der Waals surface area contributed by atoms with Crippen molar-refractivity contribution in [1.82, 2.24) is 14.5 Å². The molecule has 2 heterocycles. The van der Waals surface area contributed by atoms with E-state index >= 15 is 0 Å². The van der Waals surface area contributed by atoms with E-state index in [1.54, 1.807) is 18.3 Å². The van der Waals surface area contributed by atoms with Gasteiger partial charge in [0.15, 0.2) is 0 Å². The molecule has 0 saturated heterocycles. The maximum Gasteiger partial charge on any atom is 0.345 e. The van der Waals surface area contributed by atoms with Crippen LogP contribution < -0.4 is 5.32 Å². The summed E-state index contributed by atoms with van der Waals surface area (Å²) in [5, 5.41) is 3.82. The van der Waals surface area contributed by atoms with Crippen LogP contribution in [0.5, 0.6) is 0 Å². The molecule has 0 unspecified atom stereocenters. The smallest absolute Gasteiger partial charge is 0.345 e. The van der Waals surface area contributed by atoms with E-state index in [-0.39, 0.29) is 19.0 Å². The van der Waals surface area contributed by atoms with Crippen molar-refractivity contribution >= 4 is 17.0 Å². The van der Waals surface area contributed by atoms with Crippen molar-refractivity contribution in [1.29, 1.82) is 0 Å². The predicted molar refractivity (Wildman–Crippen MR) is 105 cm³/mol. The van der Waals surface area contributed by atoms with Gasteiger partial charge in [-0.15, -0.1) is 0 Å². The van der Waals surface area contributed by atoms with Crippen molar-refractivity contribution in [2.75, 3.05) is 18.5 Å². The van der Waals surface area contributed by atoms with Crippen LogP contribution in [0.2, 0.25) is 0 Å². The summed E-state index contributed by atoms with van der Waals surface area (Å²) >= 11 is 0. The molecule has 0 bridgehead atoms. The molecule has 0 spiro atoms. The van der Waals surface area contributed by atoms with E-state index in [0.29, 0.717) is 12.0 Å². The van der Waals surface area contributed by atoms with E-state index in [4.69, 9.17) is 0 Å². The molecule has 8 heteroatoms. The Morgan fingerprint density at radius 2 is 1.90 bits per heavy atom. The highest BCUT2D eigenvalue weighted by molar-refractivity contribution is 5.94. The average Bonchev–Trinajstić information content (AvgIpc) is 3.11. The summed E-state index contributed by atoms with van der Waals surface area (Å²) in [7, 11) is 0. The first kappa shape index (κ1) is 19.7. The number of hydrogen-bond donors (Lipinski definition) is 1. The van der Waals surface area contributed by atoms with Gasteiger partial charge in [0.25, 0.3) is 0 Å². The molecule has 0 radical (unpaired) electrons. The van der Waals surface area contributed by atoms with Gasteiger partial charge in [0, 0.05) is 35.9 Å². The van der Waals surface area contributed by atoms with Gasteiger partial charge in [-0.25, -0.2) is 9.37 Å². The molecule has 2 aromatic heterocycles. The molecule has 4 rings (SSSR count). The number of benzene rings is 1. The minimum Gasteiger partial charge on any atom is -0.352 e. The second-order valence-electron chi connectivity index (χ2n) is 7.24. The molecule has 3 aromatic rings. The topological polar surface area (TPSA) is 52.0 Å². The summed E-state index contributed by atoms with van der Waals surface area (Å²) in [6.07, 6.45) is 9.58. The number of ether oxygens (including phenoxy) is 1. The van der Waals surface area contributed by atoms with Crippen LogP contribution in [0.1, 0.15) is 38.1 Å². The largest absolute Gasteiger partial charge is 0.352 e. The molecule has 0 amide bonds. The Labute approximate surface area is 166 Å². The van der Waals surface area contributed by atoms with E-state index in [2.05, 4.69) is 30.8 Å². The van der Waals surface area contributed by atoms with Crippen molar-refractivity contribution in [3.63, 3.8) is 0 Å². The molecule has 1 fully saturated rings. The van der Waals surface area contributed by atoms with E-state index in [1.807, 2.05) is 0 Å². The van der Waals surface area contributed by atoms with Crippen molar-refractivity contribution < 1.29 is 17.9 Å². The fourth-order valence-corrected chi connectivity index (χ4v) is 3.92. The van der Waals surface area contributed by atoms with Gasteiger partial charge < -0.3 is 14.6 Å². The van der Waals surface area contributed by atoms with Crippen LogP contribution in [0.15, 0.2) is 36.7 Å². The molecule has 5 nitrogen and oxygen atoms in total. The van der Waals surface area contributed by atoms with Crippen LogP contribution >= 0.6 is 0 Å². The van der Waals surface area contributed by atoms with Gasteiger partial charge >= 0.3 is 6.61 Å². The quantitative estimate of drug-likeness (QED) is 0.536. The average molecular weight is 404 g/mol. The summed E-state index contributed by atoms with van der Waals surface area (Å²) in [6.45, 7) is -2.74. The molecule has 1 saturated carbocycles. The Hall–Kier alpha value is -2.61. The Morgan fingerprint density at radius 1 is 1.14 bits per heavy atom. The molecule has 1 aromatic carbocycles. The third-order valence-electron chi connectivity index (χ3n) is 5.32. The van der Waals surface area contributed by atoms with Crippen molar-refractivity contribution in [2.24, 2.45) is 0 Å². The van der Waals surface area contributed by atoms with Crippen LogP contribution in [0.25, 0.3) is 22.2 Å². The predicted octanol–water partition coefficient (Wildman–Crippen LogP) is 5.39. The lowest BCUT2D eigenvalue weighted by Gasteiger charge is -2.23. The molecule has 1 aliphatic rings. The standard InChI is InChI=1S/C21H23F3N4O/c22-15-8-6-14(7-9-15)18-13-28(16-4-2-1-3-5-16)19-17(18)12-26-21(27-19)25-10-11-29-20(23)24/h6-9,12-13,16,20H,1-5,10-11H2,(H,25,26,27). The number of aromatic nitrogens is 3. The number of rotatable bonds is 7. The molecule has 1 N–H and O–H groups in total. The zero-order valence-corrected chi connectivity index (χ0v) is 16.0. The van der Waals surface area contributed by atoms with E-state index < -0.39 is 6.61 Å². The molecular weight excluding hydrogens is 381 g/mol. The number of hydrogen-bond acceptors (Lipinski definition) is 4. The van der Waals surface area contributed by atoms with Crippen molar-refractivity contribution in [3.05, 3.63) is 42.5 Å². The Kier molecular flexibility index (Phi) is 5.99. The number of nitrogens with zero attached hydrogens (tertiary/aromatic N) is 3. The minimum atomic E-state index is -2.79. The Balaban J connectivity index is 1.68. The Morgan fingerprint density at radius 3 is 2.62 bits per heavy atom. The van der Waals surface area contributed by atoms with Gasteiger partial charge in [-0.05, 0) is 30.5 Å². The maximum atomic E-state index is 13.4. The molecule has 154 valence electrons. The summed E-state index contributed by atoms with van der Waals surface area (Å²) in [5.41, 5.74) is 2.65. The normalized spacial score (nSPS) is 15.3. The summed E-state index contributed by atoms with van der Waals surface area (Å²) < 4.78 is 44.0. The van der Waals surface area contributed by atoms with Gasteiger partial charge in [0.1, 0.15) is 11.5 Å². The first-order chi connectivity index (χ1) is 14.1.